The van der Waals surface area contributed by atoms with Gasteiger partial charge in [0.25, 0.3) is 18.8 Å². The molecule has 48 heavy (non-hydrogen) atoms. The second kappa shape index (κ2) is 22.1. The Bertz CT molecular complexity index is 1570. The van der Waals surface area contributed by atoms with Crippen LogP contribution in [-0.2, 0) is 52.9 Å². The summed E-state index contributed by atoms with van der Waals surface area (Å²) in [6, 6.07) is 14.8. The zero-order valence-corrected chi connectivity index (χ0v) is 28.1. The van der Waals surface area contributed by atoms with Gasteiger partial charge in [0.15, 0.2) is 0 Å². The maximum absolute atomic E-state index is 10.4. The van der Waals surface area contributed by atoms with Gasteiger partial charge in [-0.05, 0) is 100.0 Å². The highest BCUT2D eigenvalue weighted by atomic mass is 16.5. The molecule has 2 aromatic carbocycles. The van der Waals surface area contributed by atoms with Crippen LogP contribution in [0.25, 0.3) is 0 Å². The minimum Gasteiger partial charge on any atom is -0.427 e. The Balaban J connectivity index is 0.000000343. The number of hydrogen-bond acceptors (Lipinski definition) is 12. The Hall–Kier alpha value is -5.55. The van der Waals surface area contributed by atoms with E-state index in [9.17, 15) is 9.59 Å². The zero-order valence-electron chi connectivity index (χ0n) is 28.1. The van der Waals surface area contributed by atoms with E-state index in [1.54, 1.807) is 31.8 Å². The number of aliphatic imine (C=N–C) groups is 3. The molecule has 0 saturated heterocycles. The van der Waals surface area contributed by atoms with Crippen molar-refractivity contribution in [2.45, 2.75) is 84.6 Å². The highest BCUT2D eigenvalue weighted by Crippen LogP contribution is 2.48. The molecule has 2 bridgehead atoms. The lowest BCUT2D eigenvalue weighted by atomic mass is 9.89. The number of isocyanates is 3. The van der Waals surface area contributed by atoms with Crippen LogP contribution in [0.3, 0.4) is 0 Å². The molecule has 0 spiro atoms. The molecule has 0 heterocycles. The molecule has 2 aromatic rings. The van der Waals surface area contributed by atoms with E-state index in [1.807, 2.05) is 76.2 Å². The summed E-state index contributed by atoms with van der Waals surface area (Å²) in [5.74, 6) is 2.55. The first-order chi connectivity index (χ1) is 23.0. The molecule has 252 valence electrons. The van der Waals surface area contributed by atoms with E-state index in [0.717, 1.165) is 34.1 Å². The molecule has 3 unspecified atom stereocenters. The first-order valence-corrected chi connectivity index (χ1v) is 15.5. The summed E-state index contributed by atoms with van der Waals surface area (Å²) in [6.07, 6.45) is 15.0. The fraction of sp³-hybridized carbons (Fsp3) is 0.500. The molecular formula is C36H42N6O6. The van der Waals surface area contributed by atoms with Gasteiger partial charge in [0.1, 0.15) is 18.8 Å². The summed E-state index contributed by atoms with van der Waals surface area (Å²) < 4.78 is 14.4. The SMILES string of the molecule is CC(C)(N=C=O)c1cccc(C(C)(C)OC#N)c1.CCN=C=O.N#COCC1CC2CCC1C2.N#COCc1cccc(CN=C=O)c1. The lowest BCUT2D eigenvalue weighted by Gasteiger charge is -2.25. The van der Waals surface area contributed by atoms with Crippen molar-refractivity contribution >= 4 is 18.2 Å². The van der Waals surface area contributed by atoms with Crippen LogP contribution in [-0.4, -0.2) is 31.4 Å². The van der Waals surface area contributed by atoms with E-state index in [0.29, 0.717) is 25.6 Å². The van der Waals surface area contributed by atoms with Crippen LogP contribution in [0.4, 0.5) is 0 Å². The fourth-order valence-corrected chi connectivity index (χ4v) is 5.47. The van der Waals surface area contributed by atoms with Crippen LogP contribution in [0.1, 0.15) is 82.6 Å². The van der Waals surface area contributed by atoms with Gasteiger partial charge in [-0.1, -0.05) is 48.9 Å². The van der Waals surface area contributed by atoms with Gasteiger partial charge in [-0.25, -0.2) is 24.4 Å². The van der Waals surface area contributed by atoms with Crippen molar-refractivity contribution in [3.63, 3.8) is 0 Å². The van der Waals surface area contributed by atoms with Crippen LogP contribution >= 0.6 is 0 Å². The highest BCUT2D eigenvalue weighted by molar-refractivity contribution is 5.39. The minimum atomic E-state index is -0.703. The normalized spacial score (nSPS) is 16.6. The van der Waals surface area contributed by atoms with Crippen molar-refractivity contribution in [3.05, 3.63) is 70.8 Å². The minimum absolute atomic E-state index is 0.245. The van der Waals surface area contributed by atoms with Gasteiger partial charge in [0.05, 0.1) is 12.1 Å². The standard InChI is InChI=1S/C14H16N2O2.C10H8N2O2.C9H13NO.C3H5NO/c1-13(2,16-10-17)11-6-5-7-12(8-11)14(3,4)18-9-15;11-7-14-6-10-3-1-2-9(4-10)5-12-8-13;10-6-11-5-9-4-7-1-2-8(9)3-7;1-2-4-3-5/h5-8H,1-4H3;1-4H,5-6H2;7-9H,1-5H2;2H2,1H3. The molecule has 0 amide bonds. The number of nitriles is 3. The van der Waals surface area contributed by atoms with Crippen LogP contribution < -0.4 is 0 Å². The van der Waals surface area contributed by atoms with Gasteiger partial charge in [0.2, 0.25) is 18.2 Å². The molecule has 12 nitrogen and oxygen atoms in total. The summed E-state index contributed by atoms with van der Waals surface area (Å²) in [5, 5.41) is 25.1. The third-order valence-corrected chi connectivity index (χ3v) is 7.98. The predicted molar refractivity (Wildman–Crippen MR) is 175 cm³/mol. The van der Waals surface area contributed by atoms with Crippen molar-refractivity contribution in [1.29, 1.82) is 15.8 Å². The maximum Gasteiger partial charge on any atom is 0.287 e. The van der Waals surface area contributed by atoms with Crippen molar-refractivity contribution in [2.24, 2.45) is 32.7 Å². The number of fused-ring (bicyclic) bond motifs is 2. The number of carbonyl (C=O) groups excluding carboxylic acids is 3. The number of benzene rings is 2. The van der Waals surface area contributed by atoms with E-state index < -0.39 is 11.1 Å². The van der Waals surface area contributed by atoms with Crippen LogP contribution in [0.5, 0.6) is 0 Å². The van der Waals surface area contributed by atoms with E-state index in [-0.39, 0.29) is 6.61 Å². The molecule has 3 atom stereocenters. The molecule has 0 aromatic heterocycles. The van der Waals surface area contributed by atoms with E-state index in [4.69, 9.17) is 30.1 Å². The second-order valence-corrected chi connectivity index (χ2v) is 12.1. The Morgan fingerprint density at radius 3 is 2.00 bits per heavy atom. The molecule has 12 heteroatoms. The topological polar surface area (TPSA) is 187 Å². The van der Waals surface area contributed by atoms with Gasteiger partial charge in [-0.3, -0.25) is 0 Å². The van der Waals surface area contributed by atoms with Gasteiger partial charge in [0, 0.05) is 6.54 Å². The predicted octanol–water partition coefficient (Wildman–Crippen LogP) is 6.77. The van der Waals surface area contributed by atoms with Crippen molar-refractivity contribution in [2.75, 3.05) is 13.2 Å². The van der Waals surface area contributed by atoms with Crippen molar-refractivity contribution in [1.82, 2.24) is 0 Å². The fourth-order valence-electron chi connectivity index (χ4n) is 5.47. The smallest absolute Gasteiger partial charge is 0.287 e. The Morgan fingerprint density at radius 1 is 0.792 bits per heavy atom. The Labute approximate surface area is 282 Å². The quantitative estimate of drug-likeness (QED) is 0.143. The number of nitrogens with zero attached hydrogens (tertiary/aromatic N) is 6. The van der Waals surface area contributed by atoms with Gasteiger partial charge < -0.3 is 14.2 Å². The third kappa shape index (κ3) is 14.7. The van der Waals surface area contributed by atoms with Crippen LogP contribution in [0.15, 0.2) is 63.5 Å². The van der Waals surface area contributed by atoms with Crippen LogP contribution in [0, 0.1) is 52.3 Å². The Morgan fingerprint density at radius 2 is 1.46 bits per heavy atom. The van der Waals surface area contributed by atoms with E-state index in [1.165, 1.54) is 37.8 Å². The van der Waals surface area contributed by atoms with E-state index in [2.05, 4.69) is 19.7 Å². The lowest BCUT2D eigenvalue weighted by molar-refractivity contribution is 0.0701. The number of ether oxygens (including phenoxy) is 3. The van der Waals surface area contributed by atoms with Crippen molar-refractivity contribution < 1.29 is 28.6 Å². The lowest BCUT2D eigenvalue weighted by Crippen LogP contribution is -2.21. The molecular weight excluding hydrogens is 612 g/mol. The summed E-state index contributed by atoms with van der Waals surface area (Å²) >= 11 is 0. The molecule has 0 N–H and O–H groups in total. The molecule has 0 aliphatic heterocycles. The maximum atomic E-state index is 10.4. The van der Waals surface area contributed by atoms with Gasteiger partial charge in [-0.15, -0.1) is 0 Å². The molecule has 2 aliphatic carbocycles. The van der Waals surface area contributed by atoms with Crippen molar-refractivity contribution in [3.8, 4) is 18.8 Å². The number of hydrogen-bond donors (Lipinski definition) is 0. The van der Waals surface area contributed by atoms with Crippen LogP contribution in [0.2, 0.25) is 0 Å². The molecule has 4 rings (SSSR count). The molecule has 2 saturated carbocycles. The highest BCUT2D eigenvalue weighted by Gasteiger charge is 2.39. The zero-order chi connectivity index (χ0) is 35.8. The summed E-state index contributed by atoms with van der Waals surface area (Å²) in [6.45, 7) is 10.8. The molecule has 2 aliphatic rings. The average molecular weight is 655 g/mol. The molecule has 0 radical (unpaired) electrons. The first-order valence-electron chi connectivity index (χ1n) is 15.5. The largest absolute Gasteiger partial charge is 0.427 e. The summed E-state index contributed by atoms with van der Waals surface area (Å²) in [5.41, 5.74) is 2.16. The average Bonchev–Trinajstić information content (AvgIpc) is 3.71. The monoisotopic (exact) mass is 654 g/mol. The third-order valence-electron chi connectivity index (χ3n) is 7.98. The van der Waals surface area contributed by atoms with Gasteiger partial charge in [-0.2, -0.15) is 20.8 Å². The van der Waals surface area contributed by atoms with Gasteiger partial charge >= 0.3 is 0 Å². The summed E-state index contributed by atoms with van der Waals surface area (Å²) in [7, 11) is 0. The second-order valence-electron chi connectivity index (χ2n) is 12.1. The Kier molecular flexibility index (Phi) is 18.6. The first kappa shape index (κ1) is 40.5. The van der Waals surface area contributed by atoms with E-state index >= 15 is 0 Å². The number of rotatable bonds is 11. The summed E-state index contributed by atoms with van der Waals surface area (Å²) in [4.78, 5) is 39.8. The molecule has 2 fully saturated rings.